The lowest BCUT2D eigenvalue weighted by Crippen LogP contribution is -2.42. The van der Waals surface area contributed by atoms with Gasteiger partial charge in [-0.15, -0.1) is 0 Å². The minimum atomic E-state index is -1.16. The lowest BCUT2D eigenvalue weighted by molar-refractivity contribution is -0.139. The smallest absolute Gasteiger partial charge is 0.407 e. The summed E-state index contributed by atoms with van der Waals surface area (Å²) in [5.74, 6) is -0.799. The van der Waals surface area contributed by atoms with Crippen LogP contribution in [0.15, 0.2) is 69.8 Å². The van der Waals surface area contributed by atoms with E-state index in [1.165, 1.54) is 0 Å². The highest BCUT2D eigenvalue weighted by Gasteiger charge is 2.30. The van der Waals surface area contributed by atoms with Gasteiger partial charge in [-0.2, -0.15) is 0 Å². The van der Waals surface area contributed by atoms with E-state index in [2.05, 4.69) is 33.4 Å². The summed E-state index contributed by atoms with van der Waals surface area (Å²) in [4.78, 5) is 23.8. The molecule has 0 saturated heterocycles. The van der Waals surface area contributed by atoms with Gasteiger partial charge in [0.2, 0.25) is 0 Å². The lowest BCUT2D eigenvalue weighted by atomic mass is 9.98. The van der Waals surface area contributed by atoms with E-state index < -0.39 is 18.1 Å². The molecule has 1 aliphatic carbocycles. The zero-order chi connectivity index (χ0) is 20.4. The van der Waals surface area contributed by atoms with Crippen LogP contribution in [0.25, 0.3) is 11.1 Å². The molecule has 29 heavy (non-hydrogen) atoms. The molecule has 0 spiro atoms. The van der Waals surface area contributed by atoms with E-state index in [-0.39, 0.29) is 18.9 Å². The third kappa shape index (κ3) is 4.05. The second kappa shape index (κ2) is 8.13. The molecule has 1 aromatic heterocycles. The van der Waals surface area contributed by atoms with Crippen LogP contribution in [0.2, 0.25) is 0 Å². The number of carbonyl (C=O) groups is 2. The molecule has 1 unspecified atom stereocenters. The number of ether oxygens (including phenoxy) is 1. The molecule has 2 aromatic carbocycles. The fraction of sp³-hybridized carbons (Fsp3) is 0.182. The third-order valence-corrected chi connectivity index (χ3v) is 5.39. The molecule has 1 amide bonds. The Kier molecular flexibility index (Phi) is 5.40. The maximum absolute atomic E-state index is 12.3. The van der Waals surface area contributed by atoms with Crippen molar-refractivity contribution in [3.63, 3.8) is 0 Å². The van der Waals surface area contributed by atoms with Crippen LogP contribution in [-0.4, -0.2) is 29.8 Å². The number of aliphatic carboxylic acids is 1. The van der Waals surface area contributed by atoms with Crippen LogP contribution in [0, 0.1) is 0 Å². The second-order valence-corrected chi connectivity index (χ2v) is 7.55. The Labute approximate surface area is 175 Å². The number of fused-ring (bicyclic) bond motifs is 3. The zero-order valence-electron chi connectivity index (χ0n) is 15.3. The fourth-order valence-corrected chi connectivity index (χ4v) is 3.99. The number of carboxylic acid groups (broad SMARTS) is 1. The average molecular weight is 456 g/mol. The van der Waals surface area contributed by atoms with Gasteiger partial charge in [0.25, 0.3) is 0 Å². The summed E-state index contributed by atoms with van der Waals surface area (Å²) in [6.45, 7) is 0.124. The number of hydrogen-bond acceptors (Lipinski definition) is 4. The Morgan fingerprint density at radius 2 is 1.66 bits per heavy atom. The molecule has 1 heterocycles. The number of halogens is 1. The van der Waals surface area contributed by atoms with Gasteiger partial charge in [-0.3, -0.25) is 0 Å². The molecule has 1 atom stereocenters. The zero-order valence-corrected chi connectivity index (χ0v) is 16.9. The van der Waals surface area contributed by atoms with Gasteiger partial charge in [-0.25, -0.2) is 9.59 Å². The van der Waals surface area contributed by atoms with E-state index in [9.17, 15) is 14.7 Å². The number of rotatable bonds is 6. The van der Waals surface area contributed by atoms with Gasteiger partial charge in [-0.05, 0) is 50.3 Å². The van der Waals surface area contributed by atoms with E-state index in [4.69, 9.17) is 9.15 Å². The summed E-state index contributed by atoms with van der Waals surface area (Å²) in [7, 11) is 0. The van der Waals surface area contributed by atoms with Gasteiger partial charge < -0.3 is 19.6 Å². The van der Waals surface area contributed by atoms with Gasteiger partial charge in [-0.1, -0.05) is 48.5 Å². The predicted octanol–water partition coefficient (Wildman–Crippen LogP) is 4.58. The van der Waals surface area contributed by atoms with Crippen molar-refractivity contribution < 1.29 is 23.8 Å². The normalized spacial score (nSPS) is 13.4. The Morgan fingerprint density at radius 1 is 1.03 bits per heavy atom. The number of amides is 1. The molecule has 3 aromatic rings. The van der Waals surface area contributed by atoms with E-state index in [0.29, 0.717) is 10.4 Å². The van der Waals surface area contributed by atoms with E-state index in [1.54, 1.807) is 12.1 Å². The second-order valence-electron chi connectivity index (χ2n) is 6.77. The SMILES string of the molecule is O=C(NC(Cc1ccc(Br)o1)C(=O)O)OCC1c2ccccc2-c2ccccc21. The summed E-state index contributed by atoms with van der Waals surface area (Å²) in [6, 6.07) is 18.2. The number of alkyl carbamates (subject to hydrolysis) is 1. The van der Waals surface area contributed by atoms with Crippen molar-refractivity contribution in [2.75, 3.05) is 6.61 Å². The van der Waals surface area contributed by atoms with Gasteiger partial charge >= 0.3 is 12.1 Å². The Hall–Kier alpha value is -3.06. The average Bonchev–Trinajstić information content (AvgIpc) is 3.27. The minimum Gasteiger partial charge on any atom is -0.480 e. The summed E-state index contributed by atoms with van der Waals surface area (Å²) < 4.78 is 11.2. The number of nitrogens with one attached hydrogen (secondary N) is 1. The van der Waals surface area contributed by atoms with Gasteiger partial charge in [0.15, 0.2) is 4.67 Å². The predicted molar refractivity (Wildman–Crippen MR) is 110 cm³/mol. The Bertz CT molecular complexity index is 1020. The quantitative estimate of drug-likeness (QED) is 0.567. The molecule has 7 heteroatoms. The molecule has 0 saturated carbocycles. The molecule has 0 fully saturated rings. The summed E-state index contributed by atoms with van der Waals surface area (Å²) in [5, 5.41) is 11.8. The molecule has 0 bridgehead atoms. The number of carboxylic acids is 1. The van der Waals surface area contributed by atoms with Crippen LogP contribution in [0.4, 0.5) is 4.79 Å². The van der Waals surface area contributed by atoms with Crippen molar-refractivity contribution in [2.24, 2.45) is 0 Å². The topological polar surface area (TPSA) is 88.8 Å². The summed E-state index contributed by atoms with van der Waals surface area (Å²) in [6.07, 6.45) is -0.754. The van der Waals surface area contributed by atoms with Crippen molar-refractivity contribution in [3.8, 4) is 11.1 Å². The van der Waals surface area contributed by atoms with E-state index in [1.807, 2.05) is 36.4 Å². The van der Waals surface area contributed by atoms with Crippen LogP contribution in [0.1, 0.15) is 22.8 Å². The van der Waals surface area contributed by atoms with Crippen molar-refractivity contribution in [3.05, 3.63) is 82.2 Å². The fourth-order valence-electron chi connectivity index (χ4n) is 3.65. The number of carbonyl (C=O) groups excluding carboxylic acids is 1. The summed E-state index contributed by atoms with van der Waals surface area (Å²) >= 11 is 3.17. The molecule has 0 aliphatic heterocycles. The maximum atomic E-state index is 12.3. The van der Waals surface area contributed by atoms with Crippen LogP contribution in [0.3, 0.4) is 0 Å². The maximum Gasteiger partial charge on any atom is 0.407 e. The van der Waals surface area contributed by atoms with Crippen LogP contribution >= 0.6 is 15.9 Å². The Balaban J connectivity index is 1.43. The molecule has 2 N–H and O–H groups in total. The van der Waals surface area contributed by atoms with E-state index in [0.717, 1.165) is 22.3 Å². The van der Waals surface area contributed by atoms with Crippen molar-refractivity contribution in [2.45, 2.75) is 18.4 Å². The first-order chi connectivity index (χ1) is 14.0. The van der Waals surface area contributed by atoms with E-state index >= 15 is 0 Å². The van der Waals surface area contributed by atoms with Gasteiger partial charge in [0.05, 0.1) is 0 Å². The third-order valence-electron chi connectivity index (χ3n) is 4.97. The molecule has 4 rings (SSSR count). The standard InChI is InChI=1S/C22H18BrNO5/c23-20-10-9-13(29-20)11-19(21(25)26)24-22(27)28-12-18-16-7-3-1-5-14(16)15-6-2-4-8-17(15)18/h1-10,18-19H,11-12H2,(H,24,27)(H,25,26). The Morgan fingerprint density at radius 3 is 2.21 bits per heavy atom. The molecule has 148 valence electrons. The van der Waals surface area contributed by atoms with Crippen molar-refractivity contribution in [1.82, 2.24) is 5.32 Å². The highest BCUT2D eigenvalue weighted by molar-refractivity contribution is 9.10. The first-order valence-corrected chi connectivity index (χ1v) is 9.91. The van der Waals surface area contributed by atoms with Crippen LogP contribution in [0.5, 0.6) is 0 Å². The van der Waals surface area contributed by atoms with Crippen LogP contribution < -0.4 is 5.32 Å². The van der Waals surface area contributed by atoms with Crippen LogP contribution in [-0.2, 0) is 16.0 Å². The minimum absolute atomic E-state index is 0.0190. The first kappa shape index (κ1) is 19.3. The van der Waals surface area contributed by atoms with Gasteiger partial charge in [0, 0.05) is 12.3 Å². The molecular formula is C22H18BrNO5. The number of benzene rings is 2. The number of furan rings is 1. The summed E-state index contributed by atoms with van der Waals surface area (Å²) in [5.41, 5.74) is 4.45. The largest absolute Gasteiger partial charge is 0.480 e. The molecule has 1 aliphatic rings. The molecule has 0 radical (unpaired) electrons. The molecule has 6 nitrogen and oxygen atoms in total. The highest BCUT2D eigenvalue weighted by Crippen LogP contribution is 2.44. The van der Waals surface area contributed by atoms with Crippen molar-refractivity contribution >= 4 is 28.0 Å². The molecular weight excluding hydrogens is 438 g/mol. The van der Waals surface area contributed by atoms with Gasteiger partial charge in [0.1, 0.15) is 18.4 Å². The lowest BCUT2D eigenvalue weighted by Gasteiger charge is -2.17. The number of hydrogen-bond donors (Lipinski definition) is 2. The monoisotopic (exact) mass is 455 g/mol. The van der Waals surface area contributed by atoms with Crippen molar-refractivity contribution in [1.29, 1.82) is 0 Å². The highest BCUT2D eigenvalue weighted by atomic mass is 79.9. The first-order valence-electron chi connectivity index (χ1n) is 9.11.